The lowest BCUT2D eigenvalue weighted by atomic mass is 9.98. The van der Waals surface area contributed by atoms with E-state index in [-0.39, 0.29) is 11.1 Å². The number of aryl methyl sites for hydroxylation is 1. The summed E-state index contributed by atoms with van der Waals surface area (Å²) in [5.41, 5.74) is 6.40. The lowest BCUT2D eigenvalue weighted by Gasteiger charge is -2.35. The number of aromatic nitrogens is 4. The van der Waals surface area contributed by atoms with E-state index in [1.54, 1.807) is 10.6 Å². The Morgan fingerprint density at radius 3 is 2.71 bits per heavy atom. The molecule has 186 valence electrons. The molecule has 2 atom stereocenters. The topological polar surface area (TPSA) is 92.6 Å². The summed E-state index contributed by atoms with van der Waals surface area (Å²) in [6, 6.07) is 2.16. The lowest BCUT2D eigenvalue weighted by Crippen LogP contribution is -2.40. The zero-order valence-corrected chi connectivity index (χ0v) is 19.9. The van der Waals surface area contributed by atoms with Crippen molar-refractivity contribution in [3.8, 4) is 0 Å². The largest absolute Gasteiger partial charge is 0.418 e. The van der Waals surface area contributed by atoms with Crippen molar-refractivity contribution in [3.63, 3.8) is 0 Å². The second-order valence-electron chi connectivity index (χ2n) is 9.17. The number of piperidine rings is 1. The third-order valence-corrected chi connectivity index (χ3v) is 6.82. The molecule has 2 aliphatic rings. The Hall–Kier alpha value is -2.92. The lowest BCUT2D eigenvalue weighted by molar-refractivity contribution is -0.138. The highest BCUT2D eigenvalue weighted by Gasteiger charge is 2.40. The van der Waals surface area contributed by atoms with Crippen LogP contribution in [-0.2, 0) is 6.18 Å². The summed E-state index contributed by atoms with van der Waals surface area (Å²) < 4.78 is 42.6. The molecular formula is C23H25ClF3N7O. The van der Waals surface area contributed by atoms with E-state index in [2.05, 4.69) is 15.0 Å². The van der Waals surface area contributed by atoms with Gasteiger partial charge in [-0.05, 0) is 38.7 Å². The standard InChI is InChI=1S/C23H25ClF3N7O/c1-13-11-34-19(30-21(13)32-7-5-15(28)12-32)9-17(31-34)18-4-2-3-6-33(18)22(35)20-16(23(25,26)27)8-14(24)10-29-20/h8-11,15,18H,2-7,12,28H2,1H3/t15-,18-/m0/s1. The third kappa shape index (κ3) is 4.54. The van der Waals surface area contributed by atoms with E-state index in [0.29, 0.717) is 30.7 Å². The predicted octanol–water partition coefficient (Wildman–Crippen LogP) is 4.01. The van der Waals surface area contributed by atoms with Crippen molar-refractivity contribution in [1.82, 2.24) is 24.5 Å². The average Bonchev–Trinajstić information content (AvgIpc) is 3.43. The van der Waals surface area contributed by atoms with Crippen LogP contribution in [0.3, 0.4) is 0 Å². The van der Waals surface area contributed by atoms with E-state index >= 15 is 0 Å². The van der Waals surface area contributed by atoms with Gasteiger partial charge in [0.15, 0.2) is 5.65 Å². The smallest absolute Gasteiger partial charge is 0.355 e. The summed E-state index contributed by atoms with van der Waals surface area (Å²) in [6.07, 6.45) is 1.17. The molecule has 0 aliphatic carbocycles. The highest BCUT2D eigenvalue weighted by Crippen LogP contribution is 2.37. The van der Waals surface area contributed by atoms with Crippen LogP contribution in [0.5, 0.6) is 0 Å². The van der Waals surface area contributed by atoms with Crippen LogP contribution in [0.4, 0.5) is 19.0 Å². The molecule has 8 nitrogen and oxygen atoms in total. The van der Waals surface area contributed by atoms with Crippen molar-refractivity contribution < 1.29 is 18.0 Å². The summed E-state index contributed by atoms with van der Waals surface area (Å²) in [5, 5.41) is 4.46. The SMILES string of the molecule is Cc1cn2nc([C@@H]3CCCCN3C(=O)c3ncc(Cl)cc3C(F)(F)F)cc2nc1N1CC[C@H](N)C1. The monoisotopic (exact) mass is 507 g/mol. The number of pyridine rings is 1. The molecule has 0 saturated carbocycles. The van der Waals surface area contributed by atoms with Gasteiger partial charge in [0.2, 0.25) is 0 Å². The van der Waals surface area contributed by atoms with Crippen LogP contribution in [0.2, 0.25) is 5.02 Å². The maximum atomic E-state index is 13.6. The minimum Gasteiger partial charge on any atom is -0.355 e. The summed E-state index contributed by atoms with van der Waals surface area (Å²) in [5.74, 6) is 0.0558. The summed E-state index contributed by atoms with van der Waals surface area (Å²) in [7, 11) is 0. The van der Waals surface area contributed by atoms with Crippen LogP contribution >= 0.6 is 11.6 Å². The van der Waals surface area contributed by atoms with E-state index in [1.807, 2.05) is 13.1 Å². The molecule has 0 bridgehead atoms. The van der Waals surface area contributed by atoms with Gasteiger partial charge in [-0.2, -0.15) is 18.3 Å². The van der Waals surface area contributed by atoms with Gasteiger partial charge in [-0.1, -0.05) is 11.6 Å². The van der Waals surface area contributed by atoms with Gasteiger partial charge in [0.25, 0.3) is 5.91 Å². The molecule has 3 aromatic rings. The van der Waals surface area contributed by atoms with Crippen LogP contribution in [0, 0.1) is 6.92 Å². The van der Waals surface area contributed by atoms with Crippen molar-refractivity contribution in [2.75, 3.05) is 24.5 Å². The first-order chi connectivity index (χ1) is 16.6. The van der Waals surface area contributed by atoms with Gasteiger partial charge in [-0.3, -0.25) is 4.79 Å². The quantitative estimate of drug-likeness (QED) is 0.576. The van der Waals surface area contributed by atoms with E-state index in [0.717, 1.165) is 49.6 Å². The Balaban J connectivity index is 1.49. The molecule has 0 spiro atoms. The summed E-state index contributed by atoms with van der Waals surface area (Å²) in [6.45, 7) is 3.81. The van der Waals surface area contributed by atoms with Gasteiger partial charge in [0.05, 0.1) is 22.3 Å². The van der Waals surface area contributed by atoms with Crippen LogP contribution in [-0.4, -0.2) is 56.1 Å². The van der Waals surface area contributed by atoms with E-state index in [9.17, 15) is 18.0 Å². The summed E-state index contributed by atoms with van der Waals surface area (Å²) >= 11 is 5.75. The van der Waals surface area contributed by atoms with Crippen molar-refractivity contribution in [1.29, 1.82) is 0 Å². The fourth-order valence-electron chi connectivity index (χ4n) is 4.93. The first-order valence-corrected chi connectivity index (χ1v) is 11.9. The molecule has 2 aliphatic heterocycles. The molecule has 0 aromatic carbocycles. The Bertz CT molecular complexity index is 1280. The van der Waals surface area contributed by atoms with Crippen LogP contribution < -0.4 is 10.6 Å². The molecule has 2 saturated heterocycles. The molecule has 5 heterocycles. The van der Waals surface area contributed by atoms with Crippen LogP contribution in [0.15, 0.2) is 24.5 Å². The first kappa shape index (κ1) is 23.8. The number of carbonyl (C=O) groups is 1. The zero-order chi connectivity index (χ0) is 24.9. The third-order valence-electron chi connectivity index (χ3n) is 6.62. The summed E-state index contributed by atoms with van der Waals surface area (Å²) in [4.78, 5) is 25.5. The number of hydrogen-bond acceptors (Lipinski definition) is 6. The molecule has 12 heteroatoms. The molecule has 1 amide bonds. The second kappa shape index (κ2) is 8.94. The first-order valence-electron chi connectivity index (χ1n) is 11.5. The number of hydrogen-bond donors (Lipinski definition) is 1. The Kier molecular flexibility index (Phi) is 6.08. The number of amides is 1. The molecule has 3 aromatic heterocycles. The fourth-order valence-corrected chi connectivity index (χ4v) is 5.08. The van der Waals surface area contributed by atoms with Gasteiger partial charge in [0.1, 0.15) is 11.5 Å². The van der Waals surface area contributed by atoms with Gasteiger partial charge in [-0.25, -0.2) is 14.5 Å². The van der Waals surface area contributed by atoms with Crippen LogP contribution in [0.1, 0.15) is 59.0 Å². The number of alkyl halides is 3. The van der Waals surface area contributed by atoms with Crippen LogP contribution in [0.25, 0.3) is 5.65 Å². The minimum absolute atomic E-state index is 0.109. The molecule has 2 fully saturated rings. The number of fused-ring (bicyclic) bond motifs is 1. The van der Waals surface area contributed by atoms with Gasteiger partial charge >= 0.3 is 6.18 Å². The number of anilines is 1. The van der Waals surface area contributed by atoms with E-state index in [1.165, 1.54) is 4.90 Å². The number of nitrogens with two attached hydrogens (primary N) is 1. The Morgan fingerprint density at radius 1 is 1.20 bits per heavy atom. The molecule has 35 heavy (non-hydrogen) atoms. The number of rotatable bonds is 3. The van der Waals surface area contributed by atoms with Gasteiger partial charge in [-0.15, -0.1) is 0 Å². The molecule has 2 N–H and O–H groups in total. The van der Waals surface area contributed by atoms with Crippen molar-refractivity contribution in [2.24, 2.45) is 5.73 Å². The molecule has 0 unspecified atom stereocenters. The van der Waals surface area contributed by atoms with E-state index in [4.69, 9.17) is 22.3 Å². The van der Waals surface area contributed by atoms with Crippen molar-refractivity contribution >= 4 is 29.0 Å². The molecule has 0 radical (unpaired) electrons. The molecular weight excluding hydrogens is 483 g/mol. The fraction of sp³-hybridized carbons (Fsp3) is 0.478. The number of halogens is 4. The number of likely N-dealkylation sites (tertiary alicyclic amines) is 1. The molecule has 5 rings (SSSR count). The number of nitrogens with zero attached hydrogens (tertiary/aromatic N) is 6. The van der Waals surface area contributed by atoms with E-state index < -0.39 is 29.4 Å². The van der Waals surface area contributed by atoms with Crippen molar-refractivity contribution in [2.45, 2.75) is 50.9 Å². The van der Waals surface area contributed by atoms with Gasteiger partial charge in [0, 0.05) is 49.7 Å². The van der Waals surface area contributed by atoms with Crippen molar-refractivity contribution in [3.05, 3.63) is 52.1 Å². The Morgan fingerprint density at radius 2 is 2.00 bits per heavy atom. The predicted molar refractivity (Wildman–Crippen MR) is 124 cm³/mol. The van der Waals surface area contributed by atoms with Gasteiger partial charge < -0.3 is 15.5 Å². The minimum atomic E-state index is -4.76. The zero-order valence-electron chi connectivity index (χ0n) is 19.1. The second-order valence-corrected chi connectivity index (χ2v) is 9.61. The maximum absolute atomic E-state index is 13.6. The average molecular weight is 508 g/mol. The Labute approximate surface area is 204 Å². The normalized spacial score (nSPS) is 21.2. The highest BCUT2D eigenvalue weighted by molar-refractivity contribution is 6.30. The highest BCUT2D eigenvalue weighted by atomic mass is 35.5. The number of carbonyl (C=O) groups excluding carboxylic acids is 1. The maximum Gasteiger partial charge on any atom is 0.418 e.